The van der Waals surface area contributed by atoms with Gasteiger partial charge in [-0.2, -0.15) is 0 Å². The normalized spacial score (nSPS) is 13.6. The maximum absolute atomic E-state index is 12.2. The van der Waals surface area contributed by atoms with Gasteiger partial charge in [0.15, 0.2) is 8.32 Å². The van der Waals surface area contributed by atoms with Gasteiger partial charge in [-0.3, -0.25) is 4.79 Å². The van der Waals surface area contributed by atoms with Gasteiger partial charge in [-0.05, 0) is 35.8 Å². The lowest BCUT2D eigenvalue weighted by atomic mass is 10.0. The summed E-state index contributed by atoms with van der Waals surface area (Å²) in [6.07, 6.45) is -0.419. The molecule has 0 fully saturated rings. The number of phenolic OH excluding ortho intramolecular Hbond substituents is 1. The van der Waals surface area contributed by atoms with Crippen molar-refractivity contribution in [2.24, 2.45) is 5.73 Å². The number of fused-ring (bicyclic) bond motifs is 1. The van der Waals surface area contributed by atoms with E-state index in [1.807, 2.05) is 0 Å². The molecule has 0 radical (unpaired) electrons. The first-order valence-corrected chi connectivity index (χ1v) is 11.7. The highest BCUT2D eigenvalue weighted by Gasteiger charge is 2.39. The van der Waals surface area contributed by atoms with E-state index in [2.05, 4.69) is 33.9 Å². The van der Waals surface area contributed by atoms with Crippen LogP contribution in [0.2, 0.25) is 18.1 Å². The summed E-state index contributed by atoms with van der Waals surface area (Å²) < 4.78 is 7.28. The molecule has 0 aliphatic rings. The van der Waals surface area contributed by atoms with Crippen molar-refractivity contribution in [3.05, 3.63) is 40.2 Å². The standard InChI is InChI=1S/C19H28N2O5Si/c1-12(22)25-21-17(24)10-8-14-13(7-9-15(23)18(14)21)16(11-20)26-27(5,6)19(2,3)4/h7-10,16,23H,11,20H2,1-6H3/t16-/m0/s1. The van der Waals surface area contributed by atoms with Gasteiger partial charge < -0.3 is 20.1 Å². The zero-order valence-electron chi connectivity index (χ0n) is 16.7. The molecule has 0 unspecified atom stereocenters. The summed E-state index contributed by atoms with van der Waals surface area (Å²) in [5.74, 6) is -0.835. The summed E-state index contributed by atoms with van der Waals surface area (Å²) in [6.45, 7) is 12.1. The van der Waals surface area contributed by atoms with Gasteiger partial charge in [-0.15, -0.1) is 4.73 Å². The second kappa shape index (κ2) is 7.45. The van der Waals surface area contributed by atoms with Gasteiger partial charge in [-0.25, -0.2) is 4.79 Å². The summed E-state index contributed by atoms with van der Waals surface area (Å²) in [6, 6.07) is 6.05. The van der Waals surface area contributed by atoms with Crippen LogP contribution in [-0.2, 0) is 9.22 Å². The molecule has 0 spiro atoms. The van der Waals surface area contributed by atoms with Gasteiger partial charge >= 0.3 is 5.97 Å². The number of benzene rings is 1. The molecule has 0 aliphatic heterocycles. The monoisotopic (exact) mass is 392 g/mol. The number of carbonyl (C=O) groups is 1. The average Bonchev–Trinajstić information content (AvgIpc) is 2.54. The number of carbonyl (C=O) groups excluding carboxylic acids is 1. The maximum atomic E-state index is 12.2. The molecular formula is C19H28N2O5Si. The number of pyridine rings is 1. The Morgan fingerprint density at radius 2 is 1.89 bits per heavy atom. The highest BCUT2D eigenvalue weighted by molar-refractivity contribution is 6.74. The number of hydrogen-bond donors (Lipinski definition) is 2. The predicted molar refractivity (Wildman–Crippen MR) is 107 cm³/mol. The average molecular weight is 393 g/mol. The minimum atomic E-state index is -2.12. The van der Waals surface area contributed by atoms with Gasteiger partial charge in [0.2, 0.25) is 0 Å². The smallest absolute Gasteiger partial charge is 0.330 e. The van der Waals surface area contributed by atoms with Crippen molar-refractivity contribution in [3.8, 4) is 5.75 Å². The van der Waals surface area contributed by atoms with Crippen molar-refractivity contribution in [2.45, 2.75) is 51.9 Å². The number of phenols is 1. The topological polar surface area (TPSA) is 104 Å². The molecule has 8 heteroatoms. The third-order valence-electron chi connectivity index (χ3n) is 5.05. The Hall–Kier alpha value is -2.16. The van der Waals surface area contributed by atoms with Gasteiger partial charge in [0.25, 0.3) is 5.56 Å². The van der Waals surface area contributed by atoms with Crippen molar-refractivity contribution in [2.75, 3.05) is 6.54 Å². The summed E-state index contributed by atoms with van der Waals surface area (Å²) in [5, 5.41) is 10.9. The minimum absolute atomic E-state index is 0.00696. The molecule has 3 N–H and O–H groups in total. The van der Waals surface area contributed by atoms with Crippen molar-refractivity contribution in [1.29, 1.82) is 0 Å². The molecule has 7 nitrogen and oxygen atoms in total. The number of nitrogens with two attached hydrogens (primary N) is 1. The Kier molecular flexibility index (Phi) is 5.84. The molecule has 2 aromatic rings. The molecule has 148 valence electrons. The lowest BCUT2D eigenvalue weighted by molar-refractivity contribution is -0.141. The van der Waals surface area contributed by atoms with Crippen LogP contribution in [0.3, 0.4) is 0 Å². The van der Waals surface area contributed by atoms with E-state index in [1.54, 1.807) is 12.1 Å². The Morgan fingerprint density at radius 1 is 1.26 bits per heavy atom. The van der Waals surface area contributed by atoms with Crippen LogP contribution in [-0.4, -0.2) is 30.7 Å². The molecule has 0 saturated heterocycles. The van der Waals surface area contributed by atoms with Crippen LogP contribution >= 0.6 is 0 Å². The van der Waals surface area contributed by atoms with E-state index >= 15 is 0 Å². The third kappa shape index (κ3) is 4.23. The van der Waals surface area contributed by atoms with Crippen LogP contribution in [0.15, 0.2) is 29.1 Å². The summed E-state index contributed by atoms with van der Waals surface area (Å²) >= 11 is 0. The first-order valence-electron chi connectivity index (χ1n) is 8.83. The van der Waals surface area contributed by atoms with Crippen LogP contribution < -0.4 is 16.1 Å². The second-order valence-electron chi connectivity index (χ2n) is 8.09. The number of aromatic hydroxyl groups is 1. The van der Waals surface area contributed by atoms with E-state index in [-0.39, 0.29) is 22.8 Å². The quantitative estimate of drug-likeness (QED) is 0.758. The Bertz CT molecular complexity index is 915. The number of nitrogens with zero attached hydrogens (tertiary/aromatic N) is 1. The van der Waals surface area contributed by atoms with Gasteiger partial charge in [-0.1, -0.05) is 26.8 Å². The molecule has 1 atom stereocenters. The molecule has 0 saturated carbocycles. The molecular weight excluding hydrogens is 364 g/mol. The number of hydrogen-bond acceptors (Lipinski definition) is 6. The van der Waals surface area contributed by atoms with Crippen LogP contribution in [0.4, 0.5) is 0 Å². The first-order chi connectivity index (χ1) is 12.4. The summed E-state index contributed by atoms with van der Waals surface area (Å²) in [4.78, 5) is 28.6. The zero-order chi connectivity index (χ0) is 20.6. The fraction of sp³-hybridized carbons (Fsp3) is 0.474. The number of aromatic nitrogens is 1. The first kappa shape index (κ1) is 21.1. The Morgan fingerprint density at radius 3 is 2.41 bits per heavy atom. The molecule has 1 aromatic carbocycles. The van der Waals surface area contributed by atoms with Gasteiger partial charge in [0.1, 0.15) is 11.3 Å². The van der Waals surface area contributed by atoms with Gasteiger partial charge in [0, 0.05) is 24.9 Å². The van der Waals surface area contributed by atoms with Crippen LogP contribution in [0.5, 0.6) is 5.75 Å². The van der Waals surface area contributed by atoms with E-state index in [1.165, 1.54) is 19.1 Å². The highest BCUT2D eigenvalue weighted by atomic mass is 28.4. The lowest BCUT2D eigenvalue weighted by Crippen LogP contribution is -2.43. The molecule has 0 amide bonds. The molecule has 2 rings (SSSR count). The predicted octanol–water partition coefficient (Wildman–Crippen LogP) is 2.70. The zero-order valence-corrected chi connectivity index (χ0v) is 17.7. The Balaban J connectivity index is 2.67. The van der Waals surface area contributed by atoms with Gasteiger partial charge in [0.05, 0.1) is 6.10 Å². The summed E-state index contributed by atoms with van der Waals surface area (Å²) in [5.41, 5.74) is 6.31. The highest BCUT2D eigenvalue weighted by Crippen LogP contribution is 2.41. The second-order valence-corrected chi connectivity index (χ2v) is 12.8. The summed E-state index contributed by atoms with van der Waals surface area (Å²) in [7, 11) is -2.12. The van der Waals surface area contributed by atoms with Crippen LogP contribution in [0.25, 0.3) is 10.9 Å². The fourth-order valence-electron chi connectivity index (χ4n) is 2.60. The van der Waals surface area contributed by atoms with Crippen molar-refractivity contribution < 1.29 is 19.2 Å². The van der Waals surface area contributed by atoms with Crippen molar-refractivity contribution in [3.63, 3.8) is 0 Å². The number of rotatable bonds is 5. The minimum Gasteiger partial charge on any atom is -0.506 e. The van der Waals surface area contributed by atoms with E-state index < -0.39 is 25.9 Å². The fourth-order valence-corrected chi connectivity index (χ4v) is 3.89. The third-order valence-corrected chi connectivity index (χ3v) is 9.54. The molecule has 1 aromatic heterocycles. The molecule has 0 bridgehead atoms. The van der Waals surface area contributed by atoms with E-state index in [9.17, 15) is 14.7 Å². The largest absolute Gasteiger partial charge is 0.506 e. The van der Waals surface area contributed by atoms with E-state index in [4.69, 9.17) is 15.0 Å². The Labute approximate surface area is 159 Å². The maximum Gasteiger partial charge on any atom is 0.330 e. The van der Waals surface area contributed by atoms with E-state index in [0.29, 0.717) is 5.39 Å². The molecule has 0 aliphatic carbocycles. The van der Waals surface area contributed by atoms with Crippen molar-refractivity contribution >= 4 is 25.2 Å². The van der Waals surface area contributed by atoms with E-state index in [0.717, 1.165) is 10.3 Å². The van der Waals surface area contributed by atoms with Crippen LogP contribution in [0.1, 0.15) is 39.4 Å². The molecule has 27 heavy (non-hydrogen) atoms. The molecule has 1 heterocycles. The lowest BCUT2D eigenvalue weighted by Gasteiger charge is -2.39. The van der Waals surface area contributed by atoms with Crippen LogP contribution in [0, 0.1) is 0 Å². The van der Waals surface area contributed by atoms with Crippen molar-refractivity contribution in [1.82, 2.24) is 4.73 Å². The SMILES string of the molecule is CC(=O)On1c(=O)ccc2c([C@H](CN)O[Si](C)(C)C(C)(C)C)ccc(O)c21.